The van der Waals surface area contributed by atoms with Crippen molar-refractivity contribution in [1.82, 2.24) is 10.5 Å². The summed E-state index contributed by atoms with van der Waals surface area (Å²) in [5.74, 6) is -2.27. The number of nitrogens with one attached hydrogen (secondary N) is 1. The van der Waals surface area contributed by atoms with Crippen LogP contribution in [0.2, 0.25) is 0 Å². The molecule has 2 aromatic rings. The van der Waals surface area contributed by atoms with Gasteiger partial charge in [0.25, 0.3) is 5.91 Å². The molecule has 1 amide bonds. The zero-order valence-corrected chi connectivity index (χ0v) is 13.4. The fourth-order valence-electron chi connectivity index (χ4n) is 2.02. The lowest BCUT2D eigenvalue weighted by Gasteiger charge is -2.14. The van der Waals surface area contributed by atoms with Crippen LogP contribution in [-0.2, 0) is 4.79 Å². The second kappa shape index (κ2) is 7.12. The molecule has 8 heteroatoms. The third-order valence-corrected chi connectivity index (χ3v) is 3.36. The Labute approximate surface area is 137 Å². The summed E-state index contributed by atoms with van der Waals surface area (Å²) in [6, 6.07) is 3.66. The predicted octanol–water partition coefficient (Wildman–Crippen LogP) is 2.50. The number of halogens is 1. The number of carbonyl (C=O) groups is 2. The molecule has 0 aliphatic heterocycles. The van der Waals surface area contributed by atoms with E-state index in [0.717, 1.165) is 6.07 Å². The van der Waals surface area contributed by atoms with Gasteiger partial charge in [-0.05, 0) is 17.7 Å². The molecule has 0 fully saturated rings. The van der Waals surface area contributed by atoms with E-state index in [1.807, 2.05) is 13.8 Å². The van der Waals surface area contributed by atoms with Gasteiger partial charge in [-0.25, -0.2) is 9.18 Å². The highest BCUT2D eigenvalue weighted by atomic mass is 19.1. The number of hydrogen-bond acceptors (Lipinski definition) is 5. The number of aliphatic carboxylic acids is 1. The van der Waals surface area contributed by atoms with Gasteiger partial charge in [0.1, 0.15) is 5.76 Å². The van der Waals surface area contributed by atoms with E-state index in [-0.39, 0.29) is 22.9 Å². The van der Waals surface area contributed by atoms with Crippen molar-refractivity contribution in [3.05, 3.63) is 47.1 Å². The van der Waals surface area contributed by atoms with Crippen LogP contribution >= 0.6 is 0 Å². The SMILES string of the molecule is COc1ccc(C(NC(=O)c2cc(C(C)C)on2)C(=O)O)cc1F. The van der Waals surface area contributed by atoms with Crippen molar-refractivity contribution in [1.29, 1.82) is 0 Å². The Balaban J connectivity index is 2.23. The number of benzene rings is 1. The molecule has 1 atom stereocenters. The maximum absolute atomic E-state index is 13.8. The Morgan fingerprint density at radius 1 is 1.33 bits per heavy atom. The minimum absolute atomic E-state index is 0.0210. The number of aromatic nitrogens is 1. The highest BCUT2D eigenvalue weighted by Gasteiger charge is 2.25. The zero-order valence-electron chi connectivity index (χ0n) is 13.4. The largest absolute Gasteiger partial charge is 0.494 e. The Morgan fingerprint density at radius 3 is 2.54 bits per heavy atom. The van der Waals surface area contributed by atoms with E-state index in [9.17, 15) is 19.1 Å². The van der Waals surface area contributed by atoms with Gasteiger partial charge in [0, 0.05) is 12.0 Å². The predicted molar refractivity (Wildman–Crippen MR) is 81.4 cm³/mol. The summed E-state index contributed by atoms with van der Waals surface area (Å²) in [6.45, 7) is 3.73. The summed E-state index contributed by atoms with van der Waals surface area (Å²) in [5, 5.41) is 15.2. The average molecular weight is 336 g/mol. The van der Waals surface area contributed by atoms with Crippen molar-refractivity contribution in [3.63, 3.8) is 0 Å². The second-order valence-corrected chi connectivity index (χ2v) is 5.41. The Bertz CT molecular complexity index is 757. The van der Waals surface area contributed by atoms with Gasteiger partial charge in [0.15, 0.2) is 23.3 Å². The van der Waals surface area contributed by atoms with Crippen LogP contribution in [0.25, 0.3) is 0 Å². The topological polar surface area (TPSA) is 102 Å². The fraction of sp³-hybridized carbons (Fsp3) is 0.312. The number of methoxy groups -OCH3 is 1. The molecule has 1 aromatic heterocycles. The Morgan fingerprint density at radius 2 is 2.04 bits per heavy atom. The summed E-state index contributed by atoms with van der Waals surface area (Å²) < 4.78 is 23.6. The Hall–Kier alpha value is -2.90. The molecule has 1 aromatic carbocycles. The van der Waals surface area contributed by atoms with E-state index in [4.69, 9.17) is 9.26 Å². The molecule has 2 N–H and O–H groups in total. The number of carboxylic acid groups (broad SMARTS) is 1. The average Bonchev–Trinajstić information content (AvgIpc) is 3.02. The minimum Gasteiger partial charge on any atom is -0.494 e. The molecular formula is C16H17FN2O5. The lowest BCUT2D eigenvalue weighted by molar-refractivity contribution is -0.139. The summed E-state index contributed by atoms with van der Waals surface area (Å²) in [4.78, 5) is 23.6. The number of hydrogen-bond donors (Lipinski definition) is 2. The van der Waals surface area contributed by atoms with Crippen molar-refractivity contribution in [2.75, 3.05) is 7.11 Å². The number of carboxylic acids is 1. The van der Waals surface area contributed by atoms with Gasteiger partial charge in [0.2, 0.25) is 0 Å². The van der Waals surface area contributed by atoms with E-state index in [2.05, 4.69) is 10.5 Å². The lowest BCUT2D eigenvalue weighted by Crippen LogP contribution is -2.34. The molecule has 24 heavy (non-hydrogen) atoms. The summed E-state index contributed by atoms with van der Waals surface area (Å²) >= 11 is 0. The molecule has 128 valence electrons. The van der Waals surface area contributed by atoms with Gasteiger partial charge < -0.3 is 19.7 Å². The van der Waals surface area contributed by atoms with Crippen molar-refractivity contribution in [2.45, 2.75) is 25.8 Å². The fourth-order valence-corrected chi connectivity index (χ4v) is 2.02. The zero-order chi connectivity index (χ0) is 17.9. The van der Waals surface area contributed by atoms with Crippen LogP contribution in [0.15, 0.2) is 28.8 Å². The molecule has 7 nitrogen and oxygen atoms in total. The summed E-state index contributed by atoms with van der Waals surface area (Å²) in [7, 11) is 1.30. The van der Waals surface area contributed by atoms with Crippen LogP contribution in [0.3, 0.4) is 0 Å². The van der Waals surface area contributed by atoms with Crippen molar-refractivity contribution >= 4 is 11.9 Å². The summed E-state index contributed by atoms with van der Waals surface area (Å²) in [5.41, 5.74) is 0.0284. The van der Waals surface area contributed by atoms with E-state index in [1.165, 1.54) is 25.3 Å². The first-order valence-corrected chi connectivity index (χ1v) is 7.17. The van der Waals surface area contributed by atoms with Crippen molar-refractivity contribution in [2.24, 2.45) is 0 Å². The quantitative estimate of drug-likeness (QED) is 0.840. The van der Waals surface area contributed by atoms with E-state index in [0.29, 0.717) is 5.76 Å². The smallest absolute Gasteiger partial charge is 0.330 e. The third-order valence-electron chi connectivity index (χ3n) is 3.36. The molecule has 0 spiro atoms. The standard InChI is InChI=1S/C16H17FN2O5/c1-8(2)13-7-11(19-24-13)15(20)18-14(16(21)22)9-4-5-12(23-3)10(17)6-9/h4-8,14H,1-3H3,(H,18,20)(H,21,22). The van der Waals surface area contributed by atoms with Gasteiger partial charge in [-0.15, -0.1) is 0 Å². The van der Waals surface area contributed by atoms with Gasteiger partial charge in [-0.1, -0.05) is 25.1 Å². The molecule has 0 aliphatic carbocycles. The molecule has 0 saturated heterocycles. The highest BCUT2D eigenvalue weighted by Crippen LogP contribution is 2.23. The van der Waals surface area contributed by atoms with Crippen LogP contribution in [-0.4, -0.2) is 29.2 Å². The normalized spacial score (nSPS) is 12.0. The summed E-state index contributed by atoms with van der Waals surface area (Å²) in [6.07, 6.45) is 0. The van der Waals surface area contributed by atoms with Gasteiger partial charge in [-0.2, -0.15) is 0 Å². The van der Waals surface area contributed by atoms with Crippen molar-refractivity contribution in [3.8, 4) is 5.75 Å². The van der Waals surface area contributed by atoms with Crippen LogP contribution in [0.1, 0.15) is 47.6 Å². The first-order valence-electron chi connectivity index (χ1n) is 7.17. The highest BCUT2D eigenvalue weighted by molar-refractivity contribution is 5.95. The van der Waals surface area contributed by atoms with E-state index >= 15 is 0 Å². The molecule has 0 radical (unpaired) electrons. The molecule has 0 aliphatic rings. The van der Waals surface area contributed by atoms with E-state index in [1.54, 1.807) is 0 Å². The van der Waals surface area contributed by atoms with Crippen LogP contribution < -0.4 is 10.1 Å². The maximum Gasteiger partial charge on any atom is 0.330 e. The molecule has 2 rings (SSSR count). The monoisotopic (exact) mass is 336 g/mol. The van der Waals surface area contributed by atoms with Gasteiger partial charge in [0.05, 0.1) is 7.11 Å². The maximum atomic E-state index is 13.8. The van der Waals surface area contributed by atoms with Crippen molar-refractivity contribution < 1.29 is 28.3 Å². The Kier molecular flexibility index (Phi) is 5.18. The third kappa shape index (κ3) is 3.70. The molecule has 1 heterocycles. The lowest BCUT2D eigenvalue weighted by atomic mass is 10.1. The molecule has 0 bridgehead atoms. The van der Waals surface area contributed by atoms with E-state index < -0.39 is 23.7 Å². The van der Waals surface area contributed by atoms with Crippen LogP contribution in [0.4, 0.5) is 4.39 Å². The first kappa shape index (κ1) is 17.5. The number of rotatable bonds is 6. The second-order valence-electron chi connectivity index (χ2n) is 5.41. The number of carbonyl (C=O) groups excluding carboxylic acids is 1. The number of amides is 1. The molecule has 0 saturated carbocycles. The number of ether oxygens (including phenoxy) is 1. The number of nitrogens with zero attached hydrogens (tertiary/aromatic N) is 1. The first-order chi connectivity index (χ1) is 11.3. The minimum atomic E-state index is -1.43. The molecular weight excluding hydrogens is 319 g/mol. The van der Waals surface area contributed by atoms with Gasteiger partial charge in [-0.3, -0.25) is 4.79 Å². The van der Waals surface area contributed by atoms with Crippen LogP contribution in [0.5, 0.6) is 5.75 Å². The molecule has 1 unspecified atom stereocenters. The van der Waals surface area contributed by atoms with Crippen LogP contribution in [0, 0.1) is 5.82 Å². The van der Waals surface area contributed by atoms with Gasteiger partial charge >= 0.3 is 5.97 Å².